The van der Waals surface area contributed by atoms with E-state index in [1.54, 1.807) is 6.92 Å². The average molecular weight is 147 g/mol. The zero-order valence-corrected chi connectivity index (χ0v) is 7.59. The van der Waals surface area contributed by atoms with Crippen molar-refractivity contribution in [3.63, 3.8) is 0 Å². The summed E-state index contributed by atoms with van der Waals surface area (Å²) in [6.07, 6.45) is 1.83. The predicted octanol–water partition coefficient (Wildman–Crippen LogP) is 1.52. The van der Waals surface area contributed by atoms with Crippen molar-refractivity contribution >= 4 is 0 Å². The van der Waals surface area contributed by atoms with E-state index in [9.17, 15) is 0 Å². The van der Waals surface area contributed by atoms with Gasteiger partial charge in [-0.25, -0.2) is 0 Å². The molecule has 10 heavy (non-hydrogen) atoms. The van der Waals surface area contributed by atoms with Crippen LogP contribution < -0.4 is 5.73 Å². The second-order valence-corrected chi connectivity index (χ2v) is 2.64. The summed E-state index contributed by atoms with van der Waals surface area (Å²) in [7, 11) is 0. The Morgan fingerprint density at radius 3 is 1.40 bits per heavy atom. The minimum absolute atomic E-state index is 0.116. The maximum absolute atomic E-state index is 8.36. The highest BCUT2D eigenvalue weighted by molar-refractivity contribution is 4.43. The molecule has 3 N–H and O–H groups in total. The van der Waals surface area contributed by atoms with Crippen molar-refractivity contribution in [2.45, 2.75) is 52.7 Å². The van der Waals surface area contributed by atoms with Crippen molar-refractivity contribution in [3.8, 4) is 0 Å². The molecule has 0 fully saturated rings. The van der Waals surface area contributed by atoms with Gasteiger partial charge in [0.2, 0.25) is 0 Å². The van der Waals surface area contributed by atoms with Crippen LogP contribution >= 0.6 is 0 Å². The first kappa shape index (κ1) is 12.6. The molecule has 0 rings (SSSR count). The minimum Gasteiger partial charge on any atom is -0.393 e. The maximum atomic E-state index is 8.36. The summed E-state index contributed by atoms with van der Waals surface area (Å²) < 4.78 is 0. The molecular formula is C8H21NO. The molecule has 0 aromatic carbocycles. The van der Waals surface area contributed by atoms with Crippen molar-refractivity contribution < 1.29 is 5.11 Å². The van der Waals surface area contributed by atoms with Gasteiger partial charge in [-0.15, -0.1) is 0 Å². The highest BCUT2D eigenvalue weighted by atomic mass is 16.3. The Balaban J connectivity index is 0. The Labute approximate surface area is 64.4 Å². The molecule has 0 aromatic rings. The molecule has 64 valence electrons. The van der Waals surface area contributed by atoms with Crippen LogP contribution in [0.5, 0.6) is 0 Å². The molecule has 2 nitrogen and oxygen atoms in total. The van der Waals surface area contributed by atoms with Gasteiger partial charge in [0.05, 0.1) is 6.10 Å². The smallest absolute Gasteiger partial charge is 0.0509 e. The average Bonchev–Trinajstić information content (AvgIpc) is 1.89. The molecule has 0 radical (unpaired) electrons. The van der Waals surface area contributed by atoms with Gasteiger partial charge in [-0.1, -0.05) is 13.8 Å². The normalized spacial score (nSPS) is 15.0. The van der Waals surface area contributed by atoms with E-state index in [0.29, 0.717) is 6.04 Å². The van der Waals surface area contributed by atoms with Gasteiger partial charge in [0.1, 0.15) is 0 Å². The predicted molar refractivity (Wildman–Crippen MR) is 45.9 cm³/mol. The second-order valence-electron chi connectivity index (χ2n) is 2.64. The number of aliphatic hydroxyl groups is 1. The largest absolute Gasteiger partial charge is 0.393 e. The van der Waals surface area contributed by atoms with Crippen LogP contribution in [0.15, 0.2) is 0 Å². The Kier molecular flexibility index (Phi) is 11.2. The molecule has 0 aliphatic carbocycles. The number of hydrogen-bond acceptors (Lipinski definition) is 2. The summed E-state index contributed by atoms with van der Waals surface area (Å²) in [5, 5.41) is 8.36. The minimum atomic E-state index is -0.116. The van der Waals surface area contributed by atoms with Gasteiger partial charge in [0.15, 0.2) is 0 Å². The summed E-state index contributed by atoms with van der Waals surface area (Å²) in [5.41, 5.74) is 5.29. The first-order valence-corrected chi connectivity index (χ1v) is 3.98. The number of aliphatic hydroxyl groups excluding tert-OH is 1. The van der Waals surface area contributed by atoms with Gasteiger partial charge in [-0.05, 0) is 26.7 Å². The van der Waals surface area contributed by atoms with E-state index in [1.165, 1.54) is 0 Å². The van der Waals surface area contributed by atoms with E-state index in [0.717, 1.165) is 12.8 Å². The summed E-state index contributed by atoms with van der Waals surface area (Å²) in [6, 6.07) is 0.384. The van der Waals surface area contributed by atoms with E-state index in [1.807, 2.05) is 13.8 Å². The topological polar surface area (TPSA) is 46.2 Å². The summed E-state index contributed by atoms with van der Waals surface area (Å²) in [4.78, 5) is 0. The monoisotopic (exact) mass is 147 g/mol. The fraction of sp³-hybridized carbons (Fsp3) is 1.00. The number of hydrogen-bond donors (Lipinski definition) is 2. The molecule has 0 amide bonds. The van der Waals surface area contributed by atoms with Crippen LogP contribution in [0, 0.1) is 0 Å². The third kappa shape index (κ3) is 24.7. The molecule has 0 bridgehead atoms. The molecule has 0 heterocycles. The molecule has 0 saturated carbocycles. The molecular weight excluding hydrogens is 126 g/mol. The van der Waals surface area contributed by atoms with Crippen LogP contribution in [0.2, 0.25) is 0 Å². The molecule has 0 aliphatic rings. The Morgan fingerprint density at radius 2 is 1.40 bits per heavy atom. The van der Waals surface area contributed by atoms with Crippen LogP contribution in [0.3, 0.4) is 0 Å². The van der Waals surface area contributed by atoms with Crippen LogP contribution in [0.1, 0.15) is 40.5 Å². The van der Waals surface area contributed by atoms with Crippen molar-refractivity contribution in [3.05, 3.63) is 0 Å². The highest BCUT2D eigenvalue weighted by Gasteiger charge is 1.81. The lowest BCUT2D eigenvalue weighted by Gasteiger charge is -1.91. The molecule has 0 saturated heterocycles. The van der Waals surface area contributed by atoms with Crippen LogP contribution in [-0.4, -0.2) is 17.3 Å². The van der Waals surface area contributed by atoms with E-state index in [2.05, 4.69) is 6.92 Å². The first-order valence-electron chi connectivity index (χ1n) is 3.98. The number of nitrogens with two attached hydrogens (primary N) is 1. The Bertz CT molecular complexity index is 45.2. The van der Waals surface area contributed by atoms with Crippen LogP contribution in [0.25, 0.3) is 0 Å². The lowest BCUT2D eigenvalue weighted by molar-refractivity contribution is 0.191. The van der Waals surface area contributed by atoms with Crippen molar-refractivity contribution in [1.82, 2.24) is 0 Å². The zero-order chi connectivity index (χ0) is 8.57. The molecule has 0 spiro atoms. The van der Waals surface area contributed by atoms with Gasteiger partial charge < -0.3 is 10.8 Å². The van der Waals surface area contributed by atoms with Gasteiger partial charge in [-0.3, -0.25) is 0 Å². The van der Waals surface area contributed by atoms with Gasteiger partial charge >= 0.3 is 0 Å². The van der Waals surface area contributed by atoms with E-state index in [4.69, 9.17) is 10.8 Å². The third-order valence-corrected chi connectivity index (χ3v) is 1.23. The standard InChI is InChI=1S/C4H11N.C4H10O/c2*1-3-4(2)5/h4H,3,5H2,1-2H3;4-5H,3H2,1-2H3. The second kappa shape index (κ2) is 8.92. The fourth-order valence-electron chi connectivity index (χ4n) is 0. The molecule has 2 atom stereocenters. The zero-order valence-electron chi connectivity index (χ0n) is 7.59. The van der Waals surface area contributed by atoms with Crippen molar-refractivity contribution in [2.24, 2.45) is 5.73 Å². The number of rotatable bonds is 2. The first-order chi connectivity index (χ1) is 4.54. The summed E-state index contributed by atoms with van der Waals surface area (Å²) in [5.74, 6) is 0. The van der Waals surface area contributed by atoms with E-state index in [-0.39, 0.29) is 6.10 Å². The van der Waals surface area contributed by atoms with E-state index >= 15 is 0 Å². The quantitative estimate of drug-likeness (QED) is 0.622. The van der Waals surface area contributed by atoms with E-state index < -0.39 is 0 Å². The lowest BCUT2D eigenvalue weighted by atomic mass is 10.3. The van der Waals surface area contributed by atoms with Gasteiger partial charge in [-0.2, -0.15) is 0 Å². The lowest BCUT2D eigenvalue weighted by Crippen LogP contribution is -2.11. The Hall–Kier alpha value is -0.0800. The maximum Gasteiger partial charge on any atom is 0.0509 e. The highest BCUT2D eigenvalue weighted by Crippen LogP contribution is 1.81. The molecule has 2 heteroatoms. The molecule has 2 unspecified atom stereocenters. The fourth-order valence-corrected chi connectivity index (χ4v) is 0. The van der Waals surface area contributed by atoms with Gasteiger partial charge in [0.25, 0.3) is 0 Å². The summed E-state index contributed by atoms with van der Waals surface area (Å²) in [6.45, 7) is 7.80. The van der Waals surface area contributed by atoms with Crippen LogP contribution in [-0.2, 0) is 0 Å². The van der Waals surface area contributed by atoms with Crippen molar-refractivity contribution in [1.29, 1.82) is 0 Å². The van der Waals surface area contributed by atoms with Gasteiger partial charge in [0, 0.05) is 6.04 Å². The van der Waals surface area contributed by atoms with Crippen molar-refractivity contribution in [2.75, 3.05) is 0 Å². The third-order valence-electron chi connectivity index (χ3n) is 1.23. The molecule has 0 aliphatic heterocycles. The van der Waals surface area contributed by atoms with Crippen LogP contribution in [0.4, 0.5) is 0 Å². The Morgan fingerprint density at radius 1 is 1.20 bits per heavy atom. The molecule has 0 aromatic heterocycles. The summed E-state index contributed by atoms with van der Waals surface area (Å²) >= 11 is 0. The SMILES string of the molecule is CCC(C)N.CCC(C)O.